The summed E-state index contributed by atoms with van der Waals surface area (Å²) in [6.07, 6.45) is 1.92. The maximum atomic E-state index is 13.3. The van der Waals surface area contributed by atoms with Gasteiger partial charge in [0.15, 0.2) is 0 Å². The van der Waals surface area contributed by atoms with Crippen LogP contribution in [0.5, 0.6) is 5.75 Å². The number of pyridine rings is 1. The van der Waals surface area contributed by atoms with Crippen molar-refractivity contribution in [3.05, 3.63) is 70.3 Å². The van der Waals surface area contributed by atoms with Crippen molar-refractivity contribution >= 4 is 17.5 Å². The SMILES string of the molecule is COc1c(C)cccc1C(=O)N1CCCC(c2cc(Nc3nc(C)cc(C)n3)cc(C)n2)C1. The first kappa shape index (κ1) is 22.7. The summed E-state index contributed by atoms with van der Waals surface area (Å²) in [6.45, 7) is 9.23. The first-order chi connectivity index (χ1) is 15.8. The summed E-state index contributed by atoms with van der Waals surface area (Å²) < 4.78 is 5.52. The molecule has 1 N–H and O–H groups in total. The minimum absolute atomic E-state index is 0.00916. The van der Waals surface area contributed by atoms with Gasteiger partial charge in [-0.25, -0.2) is 9.97 Å². The zero-order chi connectivity index (χ0) is 23.5. The number of hydrogen-bond donors (Lipinski definition) is 1. The Labute approximate surface area is 195 Å². The second-order valence-electron chi connectivity index (χ2n) is 8.77. The molecule has 1 aliphatic rings. The minimum atomic E-state index is 0.00916. The first-order valence-electron chi connectivity index (χ1n) is 11.3. The summed E-state index contributed by atoms with van der Waals surface area (Å²) >= 11 is 0. The molecule has 2 aromatic heterocycles. The van der Waals surface area contributed by atoms with Crippen LogP contribution in [0.25, 0.3) is 0 Å². The number of aromatic nitrogens is 3. The number of para-hydroxylation sites is 1. The molecule has 1 atom stereocenters. The predicted molar refractivity (Wildman–Crippen MR) is 129 cm³/mol. The maximum absolute atomic E-state index is 13.3. The number of benzene rings is 1. The Kier molecular flexibility index (Phi) is 6.58. The van der Waals surface area contributed by atoms with Gasteiger partial charge in [0, 0.05) is 47.5 Å². The second kappa shape index (κ2) is 9.57. The molecule has 7 heteroatoms. The fraction of sp³-hybridized carbons (Fsp3) is 0.385. The van der Waals surface area contributed by atoms with Gasteiger partial charge in [0.2, 0.25) is 5.95 Å². The van der Waals surface area contributed by atoms with Crippen LogP contribution >= 0.6 is 0 Å². The van der Waals surface area contributed by atoms with Crippen LogP contribution in [-0.2, 0) is 0 Å². The third-order valence-corrected chi connectivity index (χ3v) is 5.98. The number of amides is 1. The number of methoxy groups -OCH3 is 1. The van der Waals surface area contributed by atoms with E-state index < -0.39 is 0 Å². The summed E-state index contributed by atoms with van der Waals surface area (Å²) in [5.41, 5.74) is 6.23. The van der Waals surface area contributed by atoms with E-state index in [9.17, 15) is 4.79 Å². The van der Waals surface area contributed by atoms with Gasteiger partial charge >= 0.3 is 0 Å². The maximum Gasteiger partial charge on any atom is 0.257 e. The number of carbonyl (C=O) groups excluding carboxylic acids is 1. The van der Waals surface area contributed by atoms with Crippen molar-refractivity contribution in [1.82, 2.24) is 19.9 Å². The Hall–Kier alpha value is -3.48. The van der Waals surface area contributed by atoms with Gasteiger partial charge in [-0.2, -0.15) is 0 Å². The van der Waals surface area contributed by atoms with Gasteiger partial charge in [-0.15, -0.1) is 0 Å². The van der Waals surface area contributed by atoms with Crippen molar-refractivity contribution in [3.8, 4) is 5.75 Å². The van der Waals surface area contributed by atoms with Gasteiger partial charge in [-0.1, -0.05) is 12.1 Å². The molecule has 1 unspecified atom stereocenters. The number of ether oxygens (including phenoxy) is 1. The Bertz CT molecular complexity index is 1160. The summed E-state index contributed by atoms with van der Waals surface area (Å²) in [5.74, 6) is 1.41. The summed E-state index contributed by atoms with van der Waals surface area (Å²) in [4.78, 5) is 29.0. The van der Waals surface area contributed by atoms with E-state index in [1.54, 1.807) is 7.11 Å². The molecular weight excluding hydrogens is 414 g/mol. The van der Waals surface area contributed by atoms with Gasteiger partial charge in [0.25, 0.3) is 5.91 Å². The second-order valence-corrected chi connectivity index (χ2v) is 8.77. The quantitative estimate of drug-likeness (QED) is 0.603. The standard InChI is InChI=1S/C26H31N5O2/c1-16-8-6-10-22(24(16)33-5)25(32)31-11-7-9-20(15-31)23-14-21(13-19(4)27-23)30-26-28-17(2)12-18(3)29-26/h6,8,10,12-14,20H,7,9,11,15H2,1-5H3,(H,27,28,29,30). The number of rotatable bonds is 5. The Morgan fingerprint density at radius 3 is 2.48 bits per heavy atom. The molecule has 0 radical (unpaired) electrons. The lowest BCUT2D eigenvalue weighted by Gasteiger charge is -2.33. The molecule has 0 saturated carbocycles. The molecule has 1 aromatic carbocycles. The molecule has 0 bridgehead atoms. The molecule has 7 nitrogen and oxygen atoms in total. The summed E-state index contributed by atoms with van der Waals surface area (Å²) in [7, 11) is 1.61. The number of nitrogens with zero attached hydrogens (tertiary/aromatic N) is 4. The molecule has 4 rings (SSSR count). The van der Waals surface area contributed by atoms with Gasteiger partial charge in [0.05, 0.1) is 12.7 Å². The van der Waals surface area contributed by atoms with Crippen LogP contribution in [-0.4, -0.2) is 46.0 Å². The molecule has 3 aromatic rings. The highest BCUT2D eigenvalue weighted by atomic mass is 16.5. The highest BCUT2D eigenvalue weighted by Crippen LogP contribution is 2.31. The largest absolute Gasteiger partial charge is 0.496 e. The van der Waals surface area contributed by atoms with Gasteiger partial charge in [-0.05, 0) is 70.4 Å². The Balaban J connectivity index is 1.56. The van der Waals surface area contributed by atoms with Crippen LogP contribution in [0.15, 0.2) is 36.4 Å². The van der Waals surface area contributed by atoms with Crippen molar-refractivity contribution in [2.24, 2.45) is 0 Å². The topological polar surface area (TPSA) is 80.2 Å². The monoisotopic (exact) mass is 445 g/mol. The van der Waals surface area contributed by atoms with E-state index in [0.29, 0.717) is 23.8 Å². The van der Waals surface area contributed by atoms with E-state index in [0.717, 1.165) is 53.4 Å². The lowest BCUT2D eigenvalue weighted by atomic mass is 9.93. The van der Waals surface area contributed by atoms with Crippen molar-refractivity contribution in [3.63, 3.8) is 0 Å². The number of piperidine rings is 1. The third kappa shape index (κ3) is 5.13. The van der Waals surface area contributed by atoms with Crippen LogP contribution in [0.2, 0.25) is 0 Å². The lowest BCUT2D eigenvalue weighted by molar-refractivity contribution is 0.0702. The van der Waals surface area contributed by atoms with Crippen LogP contribution < -0.4 is 10.1 Å². The van der Waals surface area contributed by atoms with Crippen LogP contribution in [0.1, 0.15) is 57.5 Å². The van der Waals surface area contributed by atoms with Crippen molar-refractivity contribution in [2.45, 2.75) is 46.5 Å². The molecule has 1 amide bonds. The average molecular weight is 446 g/mol. The zero-order valence-corrected chi connectivity index (χ0v) is 20.0. The van der Waals surface area contributed by atoms with Gasteiger partial charge in [-0.3, -0.25) is 9.78 Å². The van der Waals surface area contributed by atoms with E-state index in [1.807, 2.05) is 62.9 Å². The van der Waals surface area contributed by atoms with Crippen LogP contribution in [0.4, 0.5) is 11.6 Å². The third-order valence-electron chi connectivity index (χ3n) is 5.98. The van der Waals surface area contributed by atoms with Crippen molar-refractivity contribution in [2.75, 3.05) is 25.5 Å². The number of likely N-dealkylation sites (tertiary alicyclic amines) is 1. The normalized spacial score (nSPS) is 15.9. The molecule has 33 heavy (non-hydrogen) atoms. The number of nitrogens with one attached hydrogen (secondary N) is 1. The fourth-order valence-electron chi connectivity index (χ4n) is 4.55. The fourth-order valence-corrected chi connectivity index (χ4v) is 4.55. The van der Waals surface area contributed by atoms with E-state index >= 15 is 0 Å². The zero-order valence-electron chi connectivity index (χ0n) is 20.0. The molecule has 0 spiro atoms. The number of anilines is 2. The molecule has 3 heterocycles. The Morgan fingerprint density at radius 2 is 1.76 bits per heavy atom. The van der Waals surface area contributed by atoms with Crippen LogP contribution in [0, 0.1) is 27.7 Å². The molecule has 172 valence electrons. The molecule has 0 aliphatic carbocycles. The molecule has 1 fully saturated rings. The average Bonchev–Trinajstić information content (AvgIpc) is 2.77. The molecule has 1 saturated heterocycles. The molecular formula is C26H31N5O2. The first-order valence-corrected chi connectivity index (χ1v) is 11.3. The molecule has 1 aliphatic heterocycles. The number of aryl methyl sites for hydroxylation is 4. The van der Waals surface area contributed by atoms with E-state index in [4.69, 9.17) is 9.72 Å². The van der Waals surface area contributed by atoms with Gasteiger partial charge in [0.1, 0.15) is 5.75 Å². The number of hydrogen-bond acceptors (Lipinski definition) is 6. The Morgan fingerprint density at radius 1 is 1.03 bits per heavy atom. The highest BCUT2D eigenvalue weighted by molar-refractivity contribution is 5.97. The summed E-state index contributed by atoms with van der Waals surface area (Å²) in [6, 6.07) is 11.7. The van der Waals surface area contributed by atoms with E-state index in [1.165, 1.54) is 0 Å². The summed E-state index contributed by atoms with van der Waals surface area (Å²) in [5, 5.41) is 3.33. The minimum Gasteiger partial charge on any atom is -0.496 e. The predicted octanol–water partition coefficient (Wildman–Crippen LogP) is 4.88. The van der Waals surface area contributed by atoms with Crippen LogP contribution in [0.3, 0.4) is 0 Å². The highest BCUT2D eigenvalue weighted by Gasteiger charge is 2.28. The smallest absolute Gasteiger partial charge is 0.257 e. The van der Waals surface area contributed by atoms with E-state index in [2.05, 4.69) is 21.4 Å². The van der Waals surface area contributed by atoms with Crippen molar-refractivity contribution < 1.29 is 9.53 Å². The van der Waals surface area contributed by atoms with E-state index in [-0.39, 0.29) is 11.8 Å². The lowest BCUT2D eigenvalue weighted by Crippen LogP contribution is -2.39. The van der Waals surface area contributed by atoms with Gasteiger partial charge < -0.3 is 15.0 Å². The number of carbonyl (C=O) groups is 1. The van der Waals surface area contributed by atoms with Crippen molar-refractivity contribution in [1.29, 1.82) is 0 Å².